The van der Waals surface area contributed by atoms with Crippen molar-refractivity contribution in [3.63, 3.8) is 0 Å². The molecule has 3 atom stereocenters. The van der Waals surface area contributed by atoms with Crippen molar-refractivity contribution in [2.24, 2.45) is 5.92 Å². The smallest absolute Gasteiger partial charge is 0.169 e. The zero-order chi connectivity index (χ0) is 23.5. The molecule has 1 aliphatic heterocycles. The van der Waals surface area contributed by atoms with Crippen molar-refractivity contribution in [3.05, 3.63) is 105 Å². The van der Waals surface area contributed by atoms with Crippen molar-refractivity contribution in [2.75, 3.05) is 26.2 Å². The van der Waals surface area contributed by atoms with Gasteiger partial charge in [0.1, 0.15) is 5.82 Å². The van der Waals surface area contributed by atoms with Gasteiger partial charge in [-0.15, -0.1) is 0 Å². The molecule has 171 valence electrons. The highest BCUT2D eigenvalue weighted by molar-refractivity contribution is 6.34. The minimum absolute atomic E-state index is 0.0297. The summed E-state index contributed by atoms with van der Waals surface area (Å²) >= 11 is 13.0. The van der Waals surface area contributed by atoms with Gasteiger partial charge in [0, 0.05) is 49.0 Å². The van der Waals surface area contributed by atoms with Crippen LogP contribution in [0.25, 0.3) is 0 Å². The Morgan fingerprint density at radius 1 is 1.09 bits per heavy atom. The van der Waals surface area contributed by atoms with E-state index in [1.807, 2.05) is 18.2 Å². The molecule has 0 saturated carbocycles. The molecule has 3 nitrogen and oxygen atoms in total. The fraction of sp³-hybridized carbons (Fsp3) is 0.296. The van der Waals surface area contributed by atoms with E-state index >= 15 is 0 Å². The molecule has 6 heteroatoms. The fourth-order valence-electron chi connectivity index (χ4n) is 5.00. The van der Waals surface area contributed by atoms with Gasteiger partial charge in [0.25, 0.3) is 0 Å². The Bertz CT molecular complexity index is 1150. The van der Waals surface area contributed by atoms with Gasteiger partial charge in [0.05, 0.1) is 16.7 Å². The van der Waals surface area contributed by atoms with Crippen LogP contribution in [0, 0.1) is 24.7 Å². The molecule has 3 aromatic rings. The summed E-state index contributed by atoms with van der Waals surface area (Å²) in [5.41, 5.74) is 2.61. The van der Waals surface area contributed by atoms with E-state index in [2.05, 4.69) is 11.0 Å². The maximum Gasteiger partial charge on any atom is 0.169 e. The molecule has 1 radical (unpaired) electrons. The molecule has 33 heavy (non-hydrogen) atoms. The number of carbonyl (C=O) groups excluding carboxylic acids is 1. The highest BCUT2D eigenvalue weighted by atomic mass is 35.5. The lowest BCUT2D eigenvalue weighted by atomic mass is 9.67. The third-order valence-electron chi connectivity index (χ3n) is 6.57. The Kier molecular flexibility index (Phi) is 7.50. The Morgan fingerprint density at radius 2 is 1.85 bits per heavy atom. The topological polar surface area (TPSA) is 40.5 Å². The summed E-state index contributed by atoms with van der Waals surface area (Å²) in [6, 6.07) is 20.6. The van der Waals surface area contributed by atoms with E-state index in [1.54, 1.807) is 43.3 Å². The molecule has 4 rings (SSSR count). The second-order valence-corrected chi connectivity index (χ2v) is 9.24. The minimum Gasteiger partial charge on any atom is -0.395 e. The zero-order valence-corrected chi connectivity index (χ0v) is 19.8. The van der Waals surface area contributed by atoms with Crippen LogP contribution >= 0.6 is 23.2 Å². The minimum atomic E-state index is -0.507. The van der Waals surface area contributed by atoms with Crippen molar-refractivity contribution in [1.29, 1.82) is 0 Å². The Morgan fingerprint density at radius 3 is 2.58 bits per heavy atom. The number of carbonyl (C=O) groups is 1. The SMILES string of the molecule is Cc1c(F)cccc1[C@H]1[C@@H](C(=O)c2ccccc2Cl)CN(CCO)C[C@@H]1c1ccc[c]c1Cl. The monoisotopic (exact) mass is 484 g/mol. The molecule has 1 fully saturated rings. The summed E-state index contributed by atoms with van der Waals surface area (Å²) in [7, 11) is 0. The van der Waals surface area contributed by atoms with Gasteiger partial charge >= 0.3 is 0 Å². The fourth-order valence-corrected chi connectivity index (χ4v) is 5.49. The summed E-state index contributed by atoms with van der Waals surface area (Å²) in [5.74, 6) is -1.44. The Hall–Kier alpha value is -2.24. The number of β-amino-alcohol motifs (C(OH)–C–C–N with tert-alkyl or cyclic N) is 1. The first-order chi connectivity index (χ1) is 15.9. The van der Waals surface area contributed by atoms with Gasteiger partial charge in [0.2, 0.25) is 0 Å². The number of halogens is 3. The number of hydrogen-bond acceptors (Lipinski definition) is 3. The maximum absolute atomic E-state index is 14.7. The van der Waals surface area contributed by atoms with Crippen LogP contribution in [0.4, 0.5) is 4.39 Å². The van der Waals surface area contributed by atoms with E-state index in [-0.39, 0.29) is 30.0 Å². The first-order valence-corrected chi connectivity index (χ1v) is 11.7. The largest absolute Gasteiger partial charge is 0.395 e. The number of aliphatic hydroxyl groups excluding tert-OH is 1. The van der Waals surface area contributed by atoms with Crippen molar-refractivity contribution in [3.8, 4) is 0 Å². The van der Waals surface area contributed by atoms with Gasteiger partial charge in [-0.3, -0.25) is 9.69 Å². The Balaban J connectivity index is 1.90. The van der Waals surface area contributed by atoms with Crippen molar-refractivity contribution in [1.82, 2.24) is 4.90 Å². The van der Waals surface area contributed by atoms with Crippen molar-refractivity contribution in [2.45, 2.75) is 18.8 Å². The van der Waals surface area contributed by atoms with Crippen molar-refractivity contribution < 1.29 is 14.3 Å². The molecule has 0 unspecified atom stereocenters. The first kappa shape index (κ1) is 23.9. The molecule has 3 aromatic carbocycles. The number of nitrogens with zero attached hydrogens (tertiary/aromatic N) is 1. The van der Waals surface area contributed by atoms with E-state index in [0.717, 1.165) is 11.1 Å². The van der Waals surface area contributed by atoms with Crippen LogP contribution in [-0.4, -0.2) is 42.0 Å². The number of benzene rings is 3. The maximum atomic E-state index is 14.7. The summed E-state index contributed by atoms with van der Waals surface area (Å²) in [5, 5.41) is 10.5. The van der Waals surface area contributed by atoms with E-state index in [4.69, 9.17) is 23.2 Å². The normalized spacial score (nSPS) is 21.2. The van der Waals surface area contributed by atoms with E-state index in [0.29, 0.717) is 40.8 Å². The van der Waals surface area contributed by atoms with Crippen LogP contribution in [0.3, 0.4) is 0 Å². The van der Waals surface area contributed by atoms with Crippen LogP contribution in [0.1, 0.15) is 38.9 Å². The predicted octanol–water partition coefficient (Wildman–Crippen LogP) is 5.92. The van der Waals surface area contributed by atoms with Gasteiger partial charge in [-0.05, 0) is 41.8 Å². The van der Waals surface area contributed by atoms with E-state index in [1.165, 1.54) is 6.07 Å². The molecule has 0 amide bonds. The lowest BCUT2D eigenvalue weighted by Gasteiger charge is -2.44. The Labute approximate surface area is 203 Å². The van der Waals surface area contributed by atoms with E-state index in [9.17, 15) is 14.3 Å². The van der Waals surface area contributed by atoms with Crippen LogP contribution < -0.4 is 0 Å². The molecule has 0 bridgehead atoms. The third kappa shape index (κ3) is 4.85. The van der Waals surface area contributed by atoms with Gasteiger partial charge in [-0.2, -0.15) is 0 Å². The van der Waals surface area contributed by atoms with Crippen molar-refractivity contribution >= 4 is 29.0 Å². The number of likely N-dealkylation sites (tertiary alicyclic amines) is 1. The summed E-state index contributed by atoms with van der Waals surface area (Å²) in [6.45, 7) is 3.14. The second kappa shape index (κ2) is 10.4. The zero-order valence-electron chi connectivity index (χ0n) is 18.3. The number of ketones is 1. The highest BCUT2D eigenvalue weighted by Crippen LogP contribution is 2.47. The number of piperidine rings is 1. The van der Waals surface area contributed by atoms with Gasteiger partial charge in [-0.25, -0.2) is 4.39 Å². The van der Waals surface area contributed by atoms with Crippen LogP contribution in [-0.2, 0) is 0 Å². The summed E-state index contributed by atoms with van der Waals surface area (Å²) in [4.78, 5) is 16.0. The standard InChI is InChI=1S/C27H25Cl2FNO2/c1-17-18(9-6-12-25(17)30)26-21(19-7-2-4-10-23(19)28)15-31(13-14-32)16-22(26)27(33)20-8-3-5-11-24(20)29/h2-9,11-12,21-22,26,32H,13-16H2,1H3/t21-,22+,26-/m1/s1. The van der Waals surface area contributed by atoms with E-state index < -0.39 is 5.92 Å². The number of aliphatic hydroxyl groups is 1. The molecular formula is C27H25Cl2FNO2. The van der Waals surface area contributed by atoms with Crippen LogP contribution in [0.15, 0.2) is 60.7 Å². The summed E-state index contributed by atoms with van der Waals surface area (Å²) < 4.78 is 14.7. The number of Topliss-reactive ketones (excluding diaryl/α,β-unsaturated/α-hetero) is 1. The third-order valence-corrected chi connectivity index (χ3v) is 7.23. The van der Waals surface area contributed by atoms with Crippen LogP contribution in [0.2, 0.25) is 10.0 Å². The van der Waals surface area contributed by atoms with Gasteiger partial charge < -0.3 is 5.11 Å². The van der Waals surface area contributed by atoms with Crippen LogP contribution in [0.5, 0.6) is 0 Å². The molecule has 0 spiro atoms. The molecule has 1 saturated heterocycles. The second-order valence-electron chi connectivity index (χ2n) is 8.46. The molecule has 1 heterocycles. The number of hydrogen-bond donors (Lipinski definition) is 1. The molecule has 1 N–H and O–H groups in total. The quantitative estimate of drug-likeness (QED) is 0.441. The lowest BCUT2D eigenvalue weighted by Crippen LogP contribution is -2.48. The molecule has 1 aliphatic rings. The highest BCUT2D eigenvalue weighted by Gasteiger charge is 2.43. The van der Waals surface area contributed by atoms with Gasteiger partial charge in [0.15, 0.2) is 5.78 Å². The first-order valence-electron chi connectivity index (χ1n) is 11.0. The lowest BCUT2D eigenvalue weighted by molar-refractivity contribution is 0.0700. The average Bonchev–Trinajstić information content (AvgIpc) is 2.81. The molecule has 0 aromatic heterocycles. The average molecular weight is 485 g/mol. The van der Waals surface area contributed by atoms with Gasteiger partial charge in [-0.1, -0.05) is 65.7 Å². The molecule has 0 aliphatic carbocycles. The summed E-state index contributed by atoms with van der Waals surface area (Å²) in [6.07, 6.45) is 0. The number of rotatable bonds is 6. The predicted molar refractivity (Wildman–Crippen MR) is 130 cm³/mol. The molecular weight excluding hydrogens is 460 g/mol.